The van der Waals surface area contributed by atoms with E-state index in [1.807, 2.05) is 0 Å². The Labute approximate surface area is 118 Å². The number of hydrogen-bond acceptors (Lipinski definition) is 6. The molecule has 1 aromatic heterocycles. The van der Waals surface area contributed by atoms with Gasteiger partial charge in [-0.05, 0) is 18.2 Å². The first-order chi connectivity index (χ1) is 9.32. The lowest BCUT2D eigenvalue weighted by molar-refractivity contribution is -0.141. The Morgan fingerprint density at radius 1 is 1.45 bits per heavy atom. The van der Waals surface area contributed by atoms with Crippen LogP contribution < -0.4 is 5.56 Å². The van der Waals surface area contributed by atoms with Crippen LogP contribution in [0.4, 0.5) is 0 Å². The molecular weight excluding hydrogens is 308 g/mol. The van der Waals surface area contributed by atoms with Crippen LogP contribution in [-0.4, -0.2) is 31.0 Å². The molecule has 9 heteroatoms. The normalized spacial score (nSPS) is 11.5. The fraction of sp³-hybridized carbons (Fsp3) is 0.182. The van der Waals surface area contributed by atoms with Gasteiger partial charge < -0.3 is 4.74 Å². The molecule has 0 spiro atoms. The summed E-state index contributed by atoms with van der Waals surface area (Å²) in [4.78, 5) is 27.1. The summed E-state index contributed by atoms with van der Waals surface area (Å²) in [6.07, 6.45) is 1.19. The second-order valence-corrected chi connectivity index (χ2v) is 6.44. The van der Waals surface area contributed by atoms with Gasteiger partial charge in [0.15, 0.2) is 0 Å². The van der Waals surface area contributed by atoms with Gasteiger partial charge in [0.25, 0.3) is 14.6 Å². The fourth-order valence-corrected chi connectivity index (χ4v) is 2.38. The third-order valence-electron chi connectivity index (χ3n) is 2.60. The lowest BCUT2D eigenvalue weighted by Gasteiger charge is -2.05. The Bertz CT molecular complexity index is 844. The molecule has 0 radical (unpaired) electrons. The molecule has 7 nitrogen and oxygen atoms in total. The van der Waals surface area contributed by atoms with E-state index in [-0.39, 0.29) is 16.8 Å². The molecule has 0 fully saturated rings. The molecule has 0 aliphatic rings. The van der Waals surface area contributed by atoms with Crippen LogP contribution in [0, 0.1) is 0 Å². The van der Waals surface area contributed by atoms with Crippen LogP contribution in [0.5, 0.6) is 0 Å². The van der Waals surface area contributed by atoms with Gasteiger partial charge in [0.05, 0.1) is 29.2 Å². The number of hydrogen-bond donors (Lipinski definition) is 0. The third kappa shape index (κ3) is 2.81. The molecule has 0 saturated heterocycles. The molecule has 0 amide bonds. The average molecular weight is 317 g/mol. The van der Waals surface area contributed by atoms with Gasteiger partial charge >= 0.3 is 5.97 Å². The molecule has 0 aliphatic carbocycles. The first-order valence-corrected chi connectivity index (χ1v) is 7.64. The van der Waals surface area contributed by atoms with E-state index >= 15 is 0 Å². The maximum Gasteiger partial charge on any atom is 0.325 e. The van der Waals surface area contributed by atoms with Crippen molar-refractivity contribution >= 4 is 36.6 Å². The van der Waals surface area contributed by atoms with E-state index in [2.05, 4.69) is 9.72 Å². The molecule has 0 saturated carbocycles. The van der Waals surface area contributed by atoms with E-state index in [9.17, 15) is 18.0 Å². The quantitative estimate of drug-likeness (QED) is 0.604. The van der Waals surface area contributed by atoms with Crippen molar-refractivity contribution in [2.24, 2.45) is 0 Å². The largest absolute Gasteiger partial charge is 0.468 e. The van der Waals surface area contributed by atoms with E-state index in [0.29, 0.717) is 5.52 Å². The number of halogens is 1. The fourth-order valence-electron chi connectivity index (χ4n) is 1.61. The van der Waals surface area contributed by atoms with Crippen molar-refractivity contribution in [2.75, 3.05) is 7.11 Å². The van der Waals surface area contributed by atoms with Gasteiger partial charge in [0.2, 0.25) is 0 Å². The van der Waals surface area contributed by atoms with Crippen molar-refractivity contribution < 1.29 is 17.9 Å². The van der Waals surface area contributed by atoms with E-state index in [1.54, 1.807) is 0 Å². The molecule has 106 valence electrons. The number of ether oxygens (including phenoxy) is 1. The zero-order valence-electron chi connectivity index (χ0n) is 10.2. The SMILES string of the molecule is COC(=O)Cn1cnc2ccc(S(=O)(=O)Cl)cc2c1=O. The third-order valence-corrected chi connectivity index (χ3v) is 3.96. The lowest BCUT2D eigenvalue weighted by Crippen LogP contribution is -2.25. The summed E-state index contributed by atoms with van der Waals surface area (Å²) in [7, 11) is 2.47. The highest BCUT2D eigenvalue weighted by atomic mass is 35.7. The zero-order chi connectivity index (χ0) is 14.9. The maximum atomic E-state index is 12.1. The second kappa shape index (κ2) is 5.22. The molecule has 1 aromatic carbocycles. The molecule has 2 aromatic rings. The summed E-state index contributed by atoms with van der Waals surface area (Å²) in [6.45, 7) is -0.309. The first kappa shape index (κ1) is 14.5. The van der Waals surface area contributed by atoms with Crippen molar-refractivity contribution in [2.45, 2.75) is 11.4 Å². The van der Waals surface area contributed by atoms with Crippen molar-refractivity contribution in [1.29, 1.82) is 0 Å². The number of benzene rings is 1. The Balaban J connectivity index is 2.64. The second-order valence-electron chi connectivity index (χ2n) is 3.87. The van der Waals surface area contributed by atoms with Gasteiger partial charge in [-0.1, -0.05) is 0 Å². The molecule has 0 bridgehead atoms. The molecule has 0 N–H and O–H groups in total. The number of carbonyl (C=O) groups excluding carboxylic acids is 1. The molecule has 1 heterocycles. The minimum atomic E-state index is -3.95. The lowest BCUT2D eigenvalue weighted by atomic mass is 10.2. The number of aromatic nitrogens is 2. The molecule has 2 rings (SSSR count). The number of fused-ring (bicyclic) bond motifs is 1. The number of methoxy groups -OCH3 is 1. The predicted octanol–water partition coefficient (Wildman–Crippen LogP) is 0.497. The monoisotopic (exact) mass is 316 g/mol. The summed E-state index contributed by atoms with van der Waals surface area (Å²) in [5.41, 5.74) is -0.247. The van der Waals surface area contributed by atoms with Gasteiger partial charge in [-0.2, -0.15) is 0 Å². The van der Waals surface area contributed by atoms with Crippen LogP contribution in [-0.2, 0) is 25.1 Å². The minimum Gasteiger partial charge on any atom is -0.468 e. The predicted molar refractivity (Wildman–Crippen MR) is 71.1 cm³/mol. The van der Waals surface area contributed by atoms with Crippen LogP contribution in [0.1, 0.15) is 0 Å². The van der Waals surface area contributed by atoms with Gasteiger partial charge in [-0.25, -0.2) is 13.4 Å². The highest BCUT2D eigenvalue weighted by molar-refractivity contribution is 8.13. The van der Waals surface area contributed by atoms with Gasteiger partial charge in [-0.15, -0.1) is 0 Å². The number of nitrogens with zero attached hydrogens (tertiary/aromatic N) is 2. The highest BCUT2D eigenvalue weighted by Crippen LogP contribution is 2.18. The van der Waals surface area contributed by atoms with Crippen molar-refractivity contribution in [3.05, 3.63) is 34.9 Å². The molecule has 20 heavy (non-hydrogen) atoms. The van der Waals surface area contributed by atoms with E-state index in [1.165, 1.54) is 25.6 Å². The van der Waals surface area contributed by atoms with Crippen LogP contribution in [0.25, 0.3) is 10.9 Å². The highest BCUT2D eigenvalue weighted by Gasteiger charge is 2.14. The van der Waals surface area contributed by atoms with Crippen molar-refractivity contribution in [3.8, 4) is 0 Å². The summed E-state index contributed by atoms with van der Waals surface area (Å²) in [5.74, 6) is -0.616. The van der Waals surface area contributed by atoms with E-state index in [4.69, 9.17) is 10.7 Å². The first-order valence-electron chi connectivity index (χ1n) is 5.33. The summed E-state index contributed by atoms with van der Waals surface area (Å²) in [5, 5.41) is 0.0538. The van der Waals surface area contributed by atoms with Crippen molar-refractivity contribution in [1.82, 2.24) is 9.55 Å². The standard InChI is InChI=1S/C11H9ClN2O5S/c1-19-10(15)5-14-6-13-9-3-2-7(20(12,17)18)4-8(9)11(14)16/h2-4,6H,5H2,1H3. The Hall–Kier alpha value is -1.93. The van der Waals surface area contributed by atoms with Gasteiger partial charge in [-0.3, -0.25) is 14.2 Å². The molecular formula is C11H9ClN2O5S. The molecule has 0 aliphatic heterocycles. The molecule has 0 atom stereocenters. The topological polar surface area (TPSA) is 95.3 Å². The average Bonchev–Trinajstić information content (AvgIpc) is 2.40. The smallest absolute Gasteiger partial charge is 0.325 e. The number of rotatable bonds is 3. The van der Waals surface area contributed by atoms with E-state index in [0.717, 1.165) is 10.6 Å². The van der Waals surface area contributed by atoms with E-state index < -0.39 is 20.6 Å². The zero-order valence-corrected chi connectivity index (χ0v) is 11.8. The Morgan fingerprint density at radius 3 is 2.75 bits per heavy atom. The van der Waals surface area contributed by atoms with Crippen LogP contribution in [0.3, 0.4) is 0 Å². The number of carbonyl (C=O) groups is 1. The summed E-state index contributed by atoms with van der Waals surface area (Å²) in [6, 6.07) is 3.75. The Morgan fingerprint density at radius 2 is 2.15 bits per heavy atom. The van der Waals surface area contributed by atoms with Gasteiger partial charge in [0.1, 0.15) is 6.54 Å². The van der Waals surface area contributed by atoms with Gasteiger partial charge in [0, 0.05) is 10.7 Å². The maximum absolute atomic E-state index is 12.1. The van der Waals surface area contributed by atoms with Crippen LogP contribution >= 0.6 is 10.7 Å². The summed E-state index contributed by atoms with van der Waals surface area (Å²) >= 11 is 0. The number of esters is 1. The van der Waals surface area contributed by atoms with Crippen molar-refractivity contribution in [3.63, 3.8) is 0 Å². The minimum absolute atomic E-state index is 0.0538. The summed E-state index contributed by atoms with van der Waals surface area (Å²) < 4.78 is 28.0. The van der Waals surface area contributed by atoms with Crippen LogP contribution in [0.15, 0.2) is 34.2 Å². The van der Waals surface area contributed by atoms with Crippen LogP contribution in [0.2, 0.25) is 0 Å². The molecule has 0 unspecified atom stereocenters. The Kier molecular flexibility index (Phi) is 3.78.